The monoisotopic (exact) mass is 261 g/mol. The van der Waals surface area contributed by atoms with Gasteiger partial charge in [-0.05, 0) is 12.1 Å². The first-order valence-corrected chi connectivity index (χ1v) is 5.35. The highest BCUT2D eigenvalue weighted by molar-refractivity contribution is 5.33. The zero-order chi connectivity index (χ0) is 13.3. The Labute approximate surface area is 101 Å². The van der Waals surface area contributed by atoms with Crippen LogP contribution >= 0.6 is 0 Å². The second-order valence-corrected chi connectivity index (χ2v) is 3.93. The topological polar surface area (TPSA) is 35.2 Å². The van der Waals surface area contributed by atoms with Crippen molar-refractivity contribution in [2.24, 2.45) is 5.73 Å². The van der Waals surface area contributed by atoms with Crippen LogP contribution in [0.15, 0.2) is 30.0 Å². The van der Waals surface area contributed by atoms with E-state index in [1.807, 2.05) is 0 Å². The van der Waals surface area contributed by atoms with Gasteiger partial charge in [-0.25, -0.2) is 4.39 Å². The minimum absolute atomic E-state index is 0.210. The van der Waals surface area contributed by atoms with E-state index in [-0.39, 0.29) is 5.56 Å². The fourth-order valence-corrected chi connectivity index (χ4v) is 1.82. The minimum Gasteiger partial charge on any atom is -0.496 e. The van der Waals surface area contributed by atoms with E-state index in [4.69, 9.17) is 10.5 Å². The molecule has 1 aromatic rings. The van der Waals surface area contributed by atoms with E-state index in [0.717, 1.165) is 6.07 Å². The molecule has 1 unspecified atom stereocenters. The predicted octanol–water partition coefficient (Wildman–Crippen LogP) is 3.15. The van der Waals surface area contributed by atoms with Crippen LogP contribution < -0.4 is 5.73 Å². The van der Waals surface area contributed by atoms with Crippen LogP contribution in [0, 0.1) is 5.82 Å². The summed E-state index contributed by atoms with van der Waals surface area (Å²) in [4.78, 5) is 0. The van der Waals surface area contributed by atoms with Crippen LogP contribution in [0.25, 0.3) is 0 Å². The Morgan fingerprint density at radius 2 is 2.00 bits per heavy atom. The molecule has 1 aliphatic rings. The molecule has 0 radical (unpaired) electrons. The second kappa shape index (κ2) is 4.61. The summed E-state index contributed by atoms with van der Waals surface area (Å²) in [5.41, 5.74) is 4.19. The number of halogens is 4. The first kappa shape index (κ1) is 12.9. The molecule has 0 saturated carbocycles. The molecule has 2 N–H and O–H groups in total. The molecule has 1 atom stereocenters. The summed E-state index contributed by atoms with van der Waals surface area (Å²) in [5.74, 6) is -1.03. The highest BCUT2D eigenvalue weighted by Gasteiger charge is 2.36. The predicted molar refractivity (Wildman–Crippen MR) is 57.0 cm³/mol. The Hall–Kier alpha value is -1.56. The first-order valence-electron chi connectivity index (χ1n) is 5.35. The summed E-state index contributed by atoms with van der Waals surface area (Å²) in [6.07, 6.45) is -2.45. The minimum atomic E-state index is -4.73. The second-order valence-electron chi connectivity index (χ2n) is 3.93. The lowest BCUT2D eigenvalue weighted by molar-refractivity contribution is -0.140. The van der Waals surface area contributed by atoms with Gasteiger partial charge >= 0.3 is 6.18 Å². The van der Waals surface area contributed by atoms with Gasteiger partial charge in [-0.15, -0.1) is 0 Å². The third kappa shape index (κ3) is 2.33. The maximum absolute atomic E-state index is 13.8. The molecule has 2 nitrogen and oxygen atoms in total. The van der Waals surface area contributed by atoms with Crippen molar-refractivity contribution in [1.82, 2.24) is 0 Å². The number of ether oxygens (including phenoxy) is 1. The molecular formula is C12H11F4NO. The zero-order valence-corrected chi connectivity index (χ0v) is 9.30. The fraction of sp³-hybridized carbons (Fsp3) is 0.333. The van der Waals surface area contributed by atoms with E-state index < -0.39 is 23.6 Å². The number of rotatable bonds is 2. The quantitative estimate of drug-likeness (QED) is 0.830. The van der Waals surface area contributed by atoms with E-state index in [9.17, 15) is 17.6 Å². The van der Waals surface area contributed by atoms with Crippen molar-refractivity contribution in [3.05, 3.63) is 47.0 Å². The summed E-state index contributed by atoms with van der Waals surface area (Å²) >= 11 is 0. The lowest BCUT2D eigenvalue weighted by Crippen LogP contribution is -2.18. The zero-order valence-electron chi connectivity index (χ0n) is 9.30. The summed E-state index contributed by atoms with van der Waals surface area (Å²) in [5, 5.41) is 0. The van der Waals surface area contributed by atoms with Gasteiger partial charge < -0.3 is 10.5 Å². The standard InChI is InChI=1S/C12H11F4NO/c13-10-7(11(17)9-5-2-6-18-9)3-1-4-8(10)12(14,15)16/h1,3-5,11H,2,6,17H2. The molecule has 0 fully saturated rings. The molecule has 0 saturated heterocycles. The third-order valence-corrected chi connectivity index (χ3v) is 2.71. The van der Waals surface area contributed by atoms with Gasteiger partial charge in [0.15, 0.2) is 0 Å². The summed E-state index contributed by atoms with van der Waals surface area (Å²) in [7, 11) is 0. The molecular weight excluding hydrogens is 250 g/mol. The number of nitrogens with two attached hydrogens (primary N) is 1. The van der Waals surface area contributed by atoms with Crippen molar-refractivity contribution in [1.29, 1.82) is 0 Å². The fourth-order valence-electron chi connectivity index (χ4n) is 1.82. The highest BCUT2D eigenvalue weighted by atomic mass is 19.4. The van der Waals surface area contributed by atoms with Gasteiger partial charge in [0.25, 0.3) is 0 Å². The van der Waals surface area contributed by atoms with Crippen LogP contribution in [0.5, 0.6) is 0 Å². The maximum Gasteiger partial charge on any atom is 0.419 e. The van der Waals surface area contributed by atoms with Crippen LogP contribution in [-0.2, 0) is 10.9 Å². The van der Waals surface area contributed by atoms with E-state index in [0.29, 0.717) is 24.9 Å². The molecule has 0 aromatic heterocycles. The summed E-state index contributed by atoms with van der Waals surface area (Å²) in [6.45, 7) is 0.420. The van der Waals surface area contributed by atoms with Gasteiger partial charge in [-0.1, -0.05) is 12.1 Å². The van der Waals surface area contributed by atoms with Gasteiger partial charge in [-0.3, -0.25) is 0 Å². The van der Waals surface area contributed by atoms with Crippen LogP contribution in [0.1, 0.15) is 23.6 Å². The largest absolute Gasteiger partial charge is 0.496 e. The first-order chi connectivity index (χ1) is 8.41. The molecule has 2 rings (SSSR count). The van der Waals surface area contributed by atoms with Crippen molar-refractivity contribution in [3.8, 4) is 0 Å². The van der Waals surface area contributed by atoms with Gasteiger partial charge in [0.1, 0.15) is 11.6 Å². The highest BCUT2D eigenvalue weighted by Crippen LogP contribution is 2.35. The third-order valence-electron chi connectivity index (χ3n) is 2.71. The number of hydrogen-bond acceptors (Lipinski definition) is 2. The van der Waals surface area contributed by atoms with Gasteiger partial charge in [0.2, 0.25) is 0 Å². The molecule has 1 aliphatic heterocycles. The van der Waals surface area contributed by atoms with E-state index in [1.54, 1.807) is 6.08 Å². The van der Waals surface area contributed by atoms with Gasteiger partial charge in [0.05, 0.1) is 18.2 Å². The Morgan fingerprint density at radius 3 is 2.56 bits per heavy atom. The Morgan fingerprint density at radius 1 is 1.28 bits per heavy atom. The molecule has 0 amide bonds. The van der Waals surface area contributed by atoms with Crippen molar-refractivity contribution in [3.63, 3.8) is 0 Å². The number of benzene rings is 1. The maximum atomic E-state index is 13.8. The smallest absolute Gasteiger partial charge is 0.419 e. The SMILES string of the molecule is NC(C1=CCCO1)c1cccc(C(F)(F)F)c1F. The van der Waals surface area contributed by atoms with E-state index in [2.05, 4.69) is 0 Å². The molecule has 98 valence electrons. The Bertz CT molecular complexity index is 481. The summed E-state index contributed by atoms with van der Waals surface area (Å²) < 4.78 is 56.6. The molecule has 0 bridgehead atoms. The van der Waals surface area contributed by atoms with E-state index in [1.165, 1.54) is 6.07 Å². The molecule has 18 heavy (non-hydrogen) atoms. The van der Waals surface area contributed by atoms with Crippen molar-refractivity contribution >= 4 is 0 Å². The lowest BCUT2D eigenvalue weighted by Gasteiger charge is -2.17. The molecule has 0 spiro atoms. The number of hydrogen-bond donors (Lipinski definition) is 1. The number of alkyl halides is 3. The average molecular weight is 261 g/mol. The van der Waals surface area contributed by atoms with Crippen molar-refractivity contribution in [2.45, 2.75) is 18.6 Å². The molecule has 0 aliphatic carbocycles. The van der Waals surface area contributed by atoms with Crippen LogP contribution in [0.3, 0.4) is 0 Å². The molecule has 1 heterocycles. The lowest BCUT2D eigenvalue weighted by atomic mass is 10.0. The normalized spacial score (nSPS) is 17.3. The van der Waals surface area contributed by atoms with Crippen molar-refractivity contribution in [2.75, 3.05) is 6.61 Å². The average Bonchev–Trinajstić information content (AvgIpc) is 2.80. The van der Waals surface area contributed by atoms with Crippen LogP contribution in [0.2, 0.25) is 0 Å². The van der Waals surface area contributed by atoms with E-state index >= 15 is 0 Å². The van der Waals surface area contributed by atoms with Gasteiger partial charge in [-0.2, -0.15) is 13.2 Å². The van der Waals surface area contributed by atoms with Crippen molar-refractivity contribution < 1.29 is 22.3 Å². The Balaban J connectivity index is 2.40. The Kier molecular flexibility index (Phi) is 3.30. The summed E-state index contributed by atoms with van der Waals surface area (Å²) in [6, 6.07) is 2.05. The molecule has 6 heteroatoms. The van der Waals surface area contributed by atoms with Crippen LogP contribution in [-0.4, -0.2) is 6.61 Å². The molecule has 1 aromatic carbocycles. The van der Waals surface area contributed by atoms with Crippen LogP contribution in [0.4, 0.5) is 17.6 Å². The van der Waals surface area contributed by atoms with Gasteiger partial charge in [0, 0.05) is 12.0 Å².